The lowest BCUT2D eigenvalue weighted by Crippen LogP contribution is -2.21. The highest BCUT2D eigenvalue weighted by atomic mass is 32.2. The first-order valence-electron chi connectivity index (χ1n) is 4.97. The molecule has 0 radical (unpaired) electrons. The quantitative estimate of drug-likeness (QED) is 0.758. The SMILES string of the molecule is N#Cc1cc(N)ccc1NC1C=CS(=O)(=O)C1. The van der Waals surface area contributed by atoms with Crippen LogP contribution in [0.5, 0.6) is 0 Å². The van der Waals surface area contributed by atoms with Crippen molar-refractivity contribution in [1.29, 1.82) is 5.26 Å². The third-order valence-electron chi connectivity index (χ3n) is 2.44. The van der Waals surface area contributed by atoms with Crippen LogP contribution in [-0.2, 0) is 9.84 Å². The molecular formula is C11H11N3O2S. The van der Waals surface area contributed by atoms with Crippen LogP contribution in [0, 0.1) is 11.3 Å². The van der Waals surface area contributed by atoms with Crippen LogP contribution in [0.25, 0.3) is 0 Å². The number of nitrogens with two attached hydrogens (primary N) is 1. The van der Waals surface area contributed by atoms with Crippen molar-refractivity contribution >= 4 is 21.2 Å². The zero-order valence-corrected chi connectivity index (χ0v) is 9.74. The van der Waals surface area contributed by atoms with Gasteiger partial charge >= 0.3 is 0 Å². The minimum Gasteiger partial charge on any atom is -0.399 e. The molecule has 88 valence electrons. The largest absolute Gasteiger partial charge is 0.399 e. The molecule has 0 aromatic heterocycles. The molecular weight excluding hydrogens is 238 g/mol. The second-order valence-corrected chi connectivity index (χ2v) is 5.76. The molecule has 5 nitrogen and oxygen atoms in total. The van der Waals surface area contributed by atoms with Crippen molar-refractivity contribution in [3.05, 3.63) is 35.2 Å². The first kappa shape index (κ1) is 11.5. The Kier molecular flexibility index (Phi) is 2.77. The Bertz CT molecular complexity index is 614. The second kappa shape index (κ2) is 4.11. The lowest BCUT2D eigenvalue weighted by Gasteiger charge is -2.13. The molecule has 0 fully saturated rings. The van der Waals surface area contributed by atoms with Crippen LogP contribution in [-0.4, -0.2) is 20.2 Å². The van der Waals surface area contributed by atoms with E-state index < -0.39 is 9.84 Å². The Balaban J connectivity index is 2.21. The molecule has 1 heterocycles. The van der Waals surface area contributed by atoms with E-state index in [9.17, 15) is 8.42 Å². The van der Waals surface area contributed by atoms with Crippen molar-refractivity contribution in [3.8, 4) is 6.07 Å². The first-order valence-corrected chi connectivity index (χ1v) is 6.69. The van der Waals surface area contributed by atoms with Crippen LogP contribution in [0.2, 0.25) is 0 Å². The van der Waals surface area contributed by atoms with Gasteiger partial charge in [0.2, 0.25) is 0 Å². The Hall–Kier alpha value is -2.00. The summed E-state index contributed by atoms with van der Waals surface area (Å²) in [6.45, 7) is 0. The summed E-state index contributed by atoms with van der Waals surface area (Å²) >= 11 is 0. The van der Waals surface area contributed by atoms with Gasteiger partial charge in [-0.1, -0.05) is 6.08 Å². The van der Waals surface area contributed by atoms with Crippen LogP contribution in [0.3, 0.4) is 0 Å². The standard InChI is InChI=1S/C11H11N3O2S/c12-6-8-5-9(13)1-2-11(8)14-10-3-4-17(15,16)7-10/h1-5,10,14H,7,13H2. The van der Waals surface area contributed by atoms with Gasteiger partial charge in [0.15, 0.2) is 9.84 Å². The molecule has 3 N–H and O–H groups in total. The van der Waals surface area contributed by atoms with Gasteiger partial charge < -0.3 is 11.1 Å². The number of nitrogen functional groups attached to an aromatic ring is 1. The number of hydrogen-bond donors (Lipinski definition) is 2. The predicted molar refractivity (Wildman–Crippen MR) is 65.9 cm³/mol. The van der Waals surface area contributed by atoms with E-state index >= 15 is 0 Å². The molecule has 1 aromatic carbocycles. The van der Waals surface area contributed by atoms with Crippen LogP contribution < -0.4 is 11.1 Å². The molecule has 0 aliphatic carbocycles. The van der Waals surface area contributed by atoms with E-state index in [0.717, 1.165) is 0 Å². The van der Waals surface area contributed by atoms with Gasteiger partial charge in [0, 0.05) is 11.1 Å². The molecule has 1 atom stereocenters. The highest BCUT2D eigenvalue weighted by Gasteiger charge is 2.21. The third kappa shape index (κ3) is 2.57. The lowest BCUT2D eigenvalue weighted by atomic mass is 10.1. The monoisotopic (exact) mass is 249 g/mol. The summed E-state index contributed by atoms with van der Waals surface area (Å²) in [5.41, 5.74) is 7.06. The van der Waals surface area contributed by atoms with Crippen molar-refractivity contribution < 1.29 is 8.42 Å². The van der Waals surface area contributed by atoms with E-state index in [1.54, 1.807) is 24.3 Å². The van der Waals surface area contributed by atoms with Gasteiger partial charge in [0.1, 0.15) is 6.07 Å². The Labute approximate surface area is 99.5 Å². The van der Waals surface area contributed by atoms with E-state index in [-0.39, 0.29) is 11.8 Å². The zero-order valence-electron chi connectivity index (χ0n) is 8.92. The van der Waals surface area contributed by atoms with Gasteiger partial charge in [-0.3, -0.25) is 0 Å². The number of anilines is 2. The van der Waals surface area contributed by atoms with Crippen molar-refractivity contribution in [1.82, 2.24) is 0 Å². The minimum atomic E-state index is -3.09. The van der Waals surface area contributed by atoms with Crippen molar-refractivity contribution in [3.63, 3.8) is 0 Å². The Morgan fingerprint density at radius 2 is 2.24 bits per heavy atom. The van der Waals surface area contributed by atoms with Crippen molar-refractivity contribution in [2.75, 3.05) is 16.8 Å². The van der Waals surface area contributed by atoms with Gasteiger partial charge in [0.25, 0.3) is 0 Å². The molecule has 0 spiro atoms. The number of nitrogens with zero attached hydrogens (tertiary/aromatic N) is 1. The van der Waals surface area contributed by atoms with E-state index in [1.807, 2.05) is 6.07 Å². The fourth-order valence-electron chi connectivity index (χ4n) is 1.65. The summed E-state index contributed by atoms with van der Waals surface area (Å²) < 4.78 is 22.5. The molecule has 17 heavy (non-hydrogen) atoms. The number of hydrogen-bond acceptors (Lipinski definition) is 5. The smallest absolute Gasteiger partial charge is 0.173 e. The average molecular weight is 249 g/mol. The van der Waals surface area contributed by atoms with Crippen molar-refractivity contribution in [2.45, 2.75) is 6.04 Å². The molecule has 2 rings (SSSR count). The fourth-order valence-corrected chi connectivity index (χ4v) is 2.88. The van der Waals surface area contributed by atoms with Crippen LogP contribution in [0.1, 0.15) is 5.56 Å². The number of nitriles is 1. The van der Waals surface area contributed by atoms with E-state index in [2.05, 4.69) is 5.32 Å². The maximum atomic E-state index is 11.2. The molecule has 6 heteroatoms. The first-order chi connectivity index (χ1) is 8.00. The molecule has 0 amide bonds. The zero-order chi connectivity index (χ0) is 12.5. The molecule has 1 aliphatic heterocycles. The lowest BCUT2D eigenvalue weighted by molar-refractivity contribution is 0.605. The Morgan fingerprint density at radius 1 is 1.47 bits per heavy atom. The van der Waals surface area contributed by atoms with E-state index in [0.29, 0.717) is 16.9 Å². The summed E-state index contributed by atoms with van der Waals surface area (Å²) in [5, 5.41) is 13.1. The predicted octanol–water partition coefficient (Wildman–Crippen LogP) is 0.863. The fraction of sp³-hybridized carbons (Fsp3) is 0.182. The van der Waals surface area contributed by atoms with Gasteiger partial charge in [-0.15, -0.1) is 0 Å². The maximum Gasteiger partial charge on any atom is 0.173 e. The Morgan fingerprint density at radius 3 is 2.82 bits per heavy atom. The summed E-state index contributed by atoms with van der Waals surface area (Å²) in [7, 11) is -3.09. The van der Waals surface area contributed by atoms with Crippen molar-refractivity contribution in [2.24, 2.45) is 0 Å². The van der Waals surface area contributed by atoms with E-state index in [4.69, 9.17) is 11.0 Å². The summed E-state index contributed by atoms with van der Waals surface area (Å²) in [4.78, 5) is 0. The molecule has 0 saturated carbocycles. The molecule has 1 aliphatic rings. The maximum absolute atomic E-state index is 11.2. The van der Waals surface area contributed by atoms with Crippen LogP contribution in [0.4, 0.5) is 11.4 Å². The topological polar surface area (TPSA) is 96.0 Å². The van der Waals surface area contributed by atoms with Crippen LogP contribution >= 0.6 is 0 Å². The molecule has 1 unspecified atom stereocenters. The highest BCUT2D eigenvalue weighted by molar-refractivity contribution is 7.94. The van der Waals surface area contributed by atoms with Gasteiger partial charge in [0.05, 0.1) is 23.0 Å². The van der Waals surface area contributed by atoms with Crippen LogP contribution in [0.15, 0.2) is 29.7 Å². The van der Waals surface area contributed by atoms with E-state index in [1.165, 1.54) is 5.41 Å². The average Bonchev–Trinajstić information content (AvgIpc) is 2.61. The summed E-state index contributed by atoms with van der Waals surface area (Å²) in [6, 6.07) is 6.61. The second-order valence-electron chi connectivity index (χ2n) is 3.83. The highest BCUT2D eigenvalue weighted by Crippen LogP contribution is 2.21. The molecule has 0 bridgehead atoms. The normalized spacial score (nSPS) is 21.0. The van der Waals surface area contributed by atoms with Gasteiger partial charge in [-0.25, -0.2) is 8.42 Å². The molecule has 0 saturated heterocycles. The minimum absolute atomic E-state index is 0.0161. The number of benzene rings is 1. The number of nitrogens with one attached hydrogen (secondary N) is 1. The third-order valence-corrected chi connectivity index (χ3v) is 3.83. The molecule has 1 aromatic rings. The summed E-state index contributed by atoms with van der Waals surface area (Å²) in [6.07, 6.45) is 1.58. The summed E-state index contributed by atoms with van der Waals surface area (Å²) in [5.74, 6) is 0.0161. The van der Waals surface area contributed by atoms with Gasteiger partial charge in [-0.2, -0.15) is 5.26 Å². The van der Waals surface area contributed by atoms with Gasteiger partial charge in [-0.05, 0) is 18.2 Å². The number of rotatable bonds is 2. The number of sulfone groups is 1.